The molecule has 2 fully saturated rings. The van der Waals surface area contributed by atoms with Gasteiger partial charge >= 0.3 is 0 Å². The van der Waals surface area contributed by atoms with E-state index in [1.54, 1.807) is 23.5 Å². The Kier molecular flexibility index (Phi) is 11.6. The number of hydrogen-bond acceptors (Lipinski definition) is 8. The fourth-order valence-corrected chi connectivity index (χ4v) is 6.11. The highest BCUT2D eigenvalue weighted by atomic mass is 32.2. The lowest BCUT2D eigenvalue weighted by atomic mass is 10.4. The summed E-state index contributed by atoms with van der Waals surface area (Å²) in [5, 5.41) is 7.79. The first-order chi connectivity index (χ1) is 12.1. The van der Waals surface area contributed by atoms with Gasteiger partial charge in [-0.3, -0.25) is 10.6 Å². The summed E-state index contributed by atoms with van der Waals surface area (Å²) in [5.74, 6) is 0. The van der Waals surface area contributed by atoms with Crippen molar-refractivity contribution < 1.29 is 4.74 Å². The van der Waals surface area contributed by atoms with Gasteiger partial charge in [-0.25, -0.2) is 0 Å². The standard InChI is InChI=1S/C12H22N4S4.C3H6OS2/c1-7-13-9(3)19-11(17)15(7)5-6-16-8(2)14-10(4)20-12(16)18;1-2-4-3(5)6/h7-10,13-14H,5-6H2,1-4H3;2H2,1H3,(H,5,6). The van der Waals surface area contributed by atoms with Crippen LogP contribution in [0.1, 0.15) is 34.6 Å². The molecular weight excluding hydrogens is 445 g/mol. The van der Waals surface area contributed by atoms with Crippen LogP contribution in [0.25, 0.3) is 0 Å². The highest BCUT2D eigenvalue weighted by Gasteiger charge is 2.30. The average molecular weight is 473 g/mol. The first kappa shape index (κ1) is 24.7. The molecule has 0 spiro atoms. The van der Waals surface area contributed by atoms with Crippen molar-refractivity contribution >= 4 is 85.8 Å². The van der Waals surface area contributed by atoms with Crippen molar-refractivity contribution in [3.63, 3.8) is 0 Å². The molecule has 0 amide bonds. The van der Waals surface area contributed by atoms with Crippen LogP contribution in [-0.4, -0.2) is 65.6 Å². The summed E-state index contributed by atoms with van der Waals surface area (Å²) in [6.45, 7) is 12.9. The van der Waals surface area contributed by atoms with Crippen LogP contribution in [0.15, 0.2) is 0 Å². The number of rotatable bonds is 4. The lowest BCUT2D eigenvalue weighted by Crippen LogP contribution is -2.58. The first-order valence-corrected chi connectivity index (χ1v) is 11.9. The van der Waals surface area contributed by atoms with E-state index in [9.17, 15) is 0 Å². The van der Waals surface area contributed by atoms with Gasteiger partial charge in [-0.2, -0.15) is 0 Å². The third-order valence-electron chi connectivity index (χ3n) is 3.76. The summed E-state index contributed by atoms with van der Waals surface area (Å²) in [7, 11) is 0. The van der Waals surface area contributed by atoms with E-state index < -0.39 is 0 Å². The number of hydrogen-bond donors (Lipinski definition) is 3. The zero-order valence-electron chi connectivity index (χ0n) is 15.7. The summed E-state index contributed by atoms with van der Waals surface area (Å²) in [5.41, 5.74) is 0. The number of nitrogens with one attached hydrogen (secondary N) is 2. The highest BCUT2D eigenvalue weighted by molar-refractivity contribution is 8.23. The van der Waals surface area contributed by atoms with Gasteiger partial charge in [-0.1, -0.05) is 60.6 Å². The molecule has 0 aromatic heterocycles. The average Bonchev–Trinajstić information content (AvgIpc) is 2.48. The zero-order valence-corrected chi connectivity index (χ0v) is 20.7. The minimum Gasteiger partial charge on any atom is -0.479 e. The number of thiol groups is 1. The van der Waals surface area contributed by atoms with Crippen molar-refractivity contribution in [1.82, 2.24) is 20.4 Å². The SMILES string of the molecule is CC1NC(C)N(CCN2C(=S)SC(C)NC2C)C(=S)S1.CCOC(=S)S. The smallest absolute Gasteiger partial charge is 0.216 e. The molecule has 0 aliphatic carbocycles. The Balaban J connectivity index is 0.000000487. The van der Waals surface area contributed by atoms with E-state index in [1.807, 2.05) is 6.92 Å². The molecule has 0 bridgehead atoms. The molecule has 5 nitrogen and oxygen atoms in total. The van der Waals surface area contributed by atoms with Gasteiger partial charge in [0.15, 0.2) is 0 Å². The Bertz CT molecular complexity index is 473. The number of nitrogens with zero attached hydrogens (tertiary/aromatic N) is 2. The molecule has 26 heavy (non-hydrogen) atoms. The van der Waals surface area contributed by atoms with E-state index in [0.29, 0.717) is 21.7 Å². The van der Waals surface area contributed by atoms with Crippen LogP contribution in [0.2, 0.25) is 0 Å². The second-order valence-electron chi connectivity index (χ2n) is 5.82. The van der Waals surface area contributed by atoms with Gasteiger partial charge < -0.3 is 14.5 Å². The molecule has 4 atom stereocenters. The molecule has 0 aromatic rings. The Morgan fingerprint density at radius 3 is 1.62 bits per heavy atom. The molecule has 2 N–H and O–H groups in total. The summed E-state index contributed by atoms with van der Waals surface area (Å²) in [4.78, 5) is 4.50. The Labute approximate surface area is 187 Å². The van der Waals surface area contributed by atoms with Crippen LogP contribution < -0.4 is 10.6 Å². The molecule has 2 heterocycles. The molecule has 2 saturated heterocycles. The highest BCUT2D eigenvalue weighted by Crippen LogP contribution is 2.24. The third kappa shape index (κ3) is 8.34. The van der Waals surface area contributed by atoms with Crippen molar-refractivity contribution in [3.05, 3.63) is 0 Å². The summed E-state index contributed by atoms with van der Waals surface area (Å²) in [6.07, 6.45) is 0.568. The van der Waals surface area contributed by atoms with E-state index in [0.717, 1.165) is 21.7 Å². The van der Waals surface area contributed by atoms with E-state index >= 15 is 0 Å². The van der Waals surface area contributed by atoms with Crippen LogP contribution in [-0.2, 0) is 4.74 Å². The molecular formula is C15H28N4OS6. The second-order valence-corrected chi connectivity index (χ2v) is 10.9. The third-order valence-corrected chi connectivity index (χ3v) is 6.91. The van der Waals surface area contributed by atoms with Crippen LogP contribution in [0.4, 0.5) is 0 Å². The predicted octanol–water partition coefficient (Wildman–Crippen LogP) is 3.45. The number of thioether (sulfide) groups is 2. The van der Waals surface area contributed by atoms with Gasteiger partial charge in [0, 0.05) is 13.1 Å². The van der Waals surface area contributed by atoms with Crippen molar-refractivity contribution in [3.8, 4) is 0 Å². The summed E-state index contributed by atoms with van der Waals surface area (Å²) >= 11 is 22.6. The van der Waals surface area contributed by atoms with Crippen molar-refractivity contribution in [1.29, 1.82) is 0 Å². The molecule has 2 aliphatic rings. The van der Waals surface area contributed by atoms with Gasteiger partial charge in [0.1, 0.15) is 8.64 Å². The molecule has 2 rings (SSSR count). The van der Waals surface area contributed by atoms with Crippen LogP contribution in [0.5, 0.6) is 0 Å². The maximum atomic E-state index is 5.50. The van der Waals surface area contributed by atoms with E-state index in [-0.39, 0.29) is 12.3 Å². The molecule has 2 aliphatic heterocycles. The van der Waals surface area contributed by atoms with Gasteiger partial charge in [-0.15, -0.1) is 0 Å². The molecule has 11 heteroatoms. The predicted molar refractivity (Wildman–Crippen MR) is 131 cm³/mol. The molecule has 0 saturated carbocycles. The lowest BCUT2D eigenvalue weighted by Gasteiger charge is -2.43. The van der Waals surface area contributed by atoms with Crippen molar-refractivity contribution in [2.24, 2.45) is 0 Å². The van der Waals surface area contributed by atoms with Crippen LogP contribution in [0.3, 0.4) is 0 Å². The van der Waals surface area contributed by atoms with E-state index in [4.69, 9.17) is 24.4 Å². The number of ether oxygens (including phenoxy) is 1. The lowest BCUT2D eigenvalue weighted by molar-refractivity contribution is 0.223. The zero-order chi connectivity index (χ0) is 19.9. The molecule has 4 unspecified atom stereocenters. The fraction of sp³-hybridized carbons (Fsp3) is 0.800. The number of thiocarbonyl (C=S) groups is 3. The largest absolute Gasteiger partial charge is 0.479 e. The minimum atomic E-state index is 0.284. The summed E-state index contributed by atoms with van der Waals surface area (Å²) in [6, 6.07) is 0. The maximum Gasteiger partial charge on any atom is 0.216 e. The first-order valence-electron chi connectivity index (χ1n) is 8.48. The van der Waals surface area contributed by atoms with E-state index in [2.05, 4.69) is 77.7 Å². The molecule has 0 radical (unpaired) electrons. The van der Waals surface area contributed by atoms with Gasteiger partial charge in [-0.05, 0) is 46.8 Å². The normalized spacial score (nSPS) is 29.2. The van der Waals surface area contributed by atoms with E-state index in [1.165, 1.54) is 0 Å². The Morgan fingerprint density at radius 1 is 1.00 bits per heavy atom. The Morgan fingerprint density at radius 2 is 1.38 bits per heavy atom. The van der Waals surface area contributed by atoms with Gasteiger partial charge in [0.2, 0.25) is 4.38 Å². The van der Waals surface area contributed by atoms with Crippen LogP contribution in [0, 0.1) is 0 Å². The monoisotopic (exact) mass is 472 g/mol. The summed E-state index contributed by atoms with van der Waals surface area (Å²) < 4.78 is 6.91. The topological polar surface area (TPSA) is 39.8 Å². The second kappa shape index (κ2) is 12.3. The molecule has 0 aromatic carbocycles. The van der Waals surface area contributed by atoms with Crippen molar-refractivity contribution in [2.75, 3.05) is 19.7 Å². The maximum absolute atomic E-state index is 5.50. The Hall–Kier alpha value is 0.640. The van der Waals surface area contributed by atoms with Gasteiger partial charge in [0.05, 0.1) is 29.7 Å². The minimum absolute atomic E-state index is 0.284. The fourth-order valence-electron chi connectivity index (χ4n) is 2.59. The molecule has 150 valence electrons. The van der Waals surface area contributed by atoms with Crippen LogP contribution >= 0.6 is 72.8 Å². The van der Waals surface area contributed by atoms with Crippen molar-refractivity contribution in [2.45, 2.75) is 57.7 Å². The van der Waals surface area contributed by atoms with Gasteiger partial charge in [0.25, 0.3) is 0 Å². The quantitative estimate of drug-likeness (QED) is 0.418.